The molecule has 1 unspecified atom stereocenters. The number of aliphatic hydroxyl groups excluding tert-OH is 1. The second-order valence-electron chi connectivity index (χ2n) is 7.80. The van der Waals surface area contributed by atoms with Crippen molar-refractivity contribution in [3.8, 4) is 0 Å². The van der Waals surface area contributed by atoms with Crippen molar-refractivity contribution in [1.29, 1.82) is 0 Å². The number of fused-ring (bicyclic) bond motifs is 1. The number of halogens is 6. The minimum absolute atomic E-state index is 0.0833. The van der Waals surface area contributed by atoms with Crippen molar-refractivity contribution in [3.05, 3.63) is 63.7 Å². The SMILES string of the molecule is CC1N=C(c2c(F)cccc2F)c2c(ccc(C(F)(F)F)c2Cl)NC1=N[C@@H]1CCC[C@H]1O. The Bertz CT molecular complexity index is 1100. The Kier molecular flexibility index (Phi) is 5.98. The van der Waals surface area contributed by atoms with Crippen LogP contribution in [-0.4, -0.2) is 34.8 Å². The van der Waals surface area contributed by atoms with Crippen LogP contribution in [0.25, 0.3) is 0 Å². The smallest absolute Gasteiger partial charge is 0.391 e. The van der Waals surface area contributed by atoms with Gasteiger partial charge < -0.3 is 10.4 Å². The van der Waals surface area contributed by atoms with Crippen LogP contribution in [0.3, 0.4) is 0 Å². The molecule has 4 nitrogen and oxygen atoms in total. The van der Waals surface area contributed by atoms with Gasteiger partial charge in [-0.1, -0.05) is 17.7 Å². The largest absolute Gasteiger partial charge is 0.417 e. The summed E-state index contributed by atoms with van der Waals surface area (Å²) in [7, 11) is 0. The van der Waals surface area contributed by atoms with Gasteiger partial charge in [0.15, 0.2) is 0 Å². The third-order valence-electron chi connectivity index (χ3n) is 5.61. The number of nitrogens with zero attached hydrogens (tertiary/aromatic N) is 2. The molecule has 0 aromatic heterocycles. The maximum atomic E-state index is 14.7. The molecule has 2 aromatic carbocycles. The normalized spacial score (nSPS) is 24.7. The van der Waals surface area contributed by atoms with Gasteiger partial charge in [0.2, 0.25) is 0 Å². The number of hydrogen-bond acceptors (Lipinski definition) is 3. The van der Waals surface area contributed by atoms with Gasteiger partial charge in [-0.15, -0.1) is 0 Å². The topological polar surface area (TPSA) is 57.0 Å². The molecule has 0 spiro atoms. The molecular weight excluding hydrogens is 453 g/mol. The molecule has 2 N–H and O–H groups in total. The van der Waals surface area contributed by atoms with Crippen molar-refractivity contribution in [1.82, 2.24) is 0 Å². The van der Waals surface area contributed by atoms with E-state index in [0.717, 1.165) is 36.8 Å². The summed E-state index contributed by atoms with van der Waals surface area (Å²) >= 11 is 6.16. The first-order chi connectivity index (χ1) is 15.1. The van der Waals surface area contributed by atoms with Crippen LogP contribution in [0.15, 0.2) is 40.3 Å². The molecule has 0 saturated heterocycles. The molecule has 10 heteroatoms. The molecule has 0 amide bonds. The van der Waals surface area contributed by atoms with Crippen molar-refractivity contribution < 1.29 is 27.1 Å². The van der Waals surface area contributed by atoms with Gasteiger partial charge in [-0.2, -0.15) is 13.2 Å². The second-order valence-corrected chi connectivity index (χ2v) is 8.18. The van der Waals surface area contributed by atoms with Crippen molar-refractivity contribution in [2.75, 3.05) is 5.32 Å². The summed E-state index contributed by atoms with van der Waals surface area (Å²) in [6, 6.07) is 3.86. The average Bonchev–Trinajstić information content (AvgIpc) is 3.04. The maximum Gasteiger partial charge on any atom is 0.417 e. The minimum atomic E-state index is -4.78. The van der Waals surface area contributed by atoms with E-state index in [1.165, 1.54) is 0 Å². The van der Waals surface area contributed by atoms with Gasteiger partial charge in [0.05, 0.1) is 39.7 Å². The quantitative estimate of drug-likeness (QED) is 0.560. The first-order valence-corrected chi connectivity index (χ1v) is 10.4. The second kappa shape index (κ2) is 8.44. The molecule has 170 valence electrons. The summed E-state index contributed by atoms with van der Waals surface area (Å²) in [5.41, 5.74) is -2.26. The van der Waals surface area contributed by atoms with Crippen molar-refractivity contribution in [3.63, 3.8) is 0 Å². The van der Waals surface area contributed by atoms with E-state index in [4.69, 9.17) is 11.6 Å². The van der Waals surface area contributed by atoms with Crippen LogP contribution in [0, 0.1) is 11.6 Å². The Balaban J connectivity index is 1.96. The number of aliphatic imine (C=N–C) groups is 2. The molecule has 1 aliphatic heterocycles. The molecule has 2 aromatic rings. The number of hydrogen-bond donors (Lipinski definition) is 2. The fraction of sp³-hybridized carbons (Fsp3) is 0.364. The van der Waals surface area contributed by atoms with Crippen LogP contribution >= 0.6 is 11.6 Å². The van der Waals surface area contributed by atoms with Gasteiger partial charge in [0.25, 0.3) is 0 Å². The summed E-state index contributed by atoms with van der Waals surface area (Å²) in [6.45, 7) is 1.59. The van der Waals surface area contributed by atoms with Crippen LogP contribution in [0.2, 0.25) is 5.02 Å². The Morgan fingerprint density at radius 1 is 1.09 bits per heavy atom. The summed E-state index contributed by atoms with van der Waals surface area (Å²) < 4.78 is 69.9. The lowest BCUT2D eigenvalue weighted by Gasteiger charge is -2.18. The van der Waals surface area contributed by atoms with E-state index >= 15 is 0 Å². The van der Waals surface area contributed by atoms with E-state index < -0.39 is 52.1 Å². The molecule has 3 atom stereocenters. The monoisotopic (exact) mass is 471 g/mol. The van der Waals surface area contributed by atoms with Gasteiger partial charge in [-0.3, -0.25) is 9.98 Å². The number of benzene rings is 2. The third-order valence-corrected chi connectivity index (χ3v) is 6.01. The van der Waals surface area contributed by atoms with Gasteiger partial charge in [-0.25, -0.2) is 8.78 Å². The molecule has 2 aliphatic rings. The lowest BCUT2D eigenvalue weighted by molar-refractivity contribution is -0.137. The highest BCUT2D eigenvalue weighted by Gasteiger charge is 2.37. The predicted molar refractivity (Wildman–Crippen MR) is 113 cm³/mol. The van der Waals surface area contributed by atoms with Gasteiger partial charge in [0.1, 0.15) is 23.5 Å². The van der Waals surface area contributed by atoms with E-state index in [-0.39, 0.29) is 22.8 Å². The van der Waals surface area contributed by atoms with E-state index in [1.807, 2.05) is 0 Å². The zero-order valence-corrected chi connectivity index (χ0v) is 17.6. The summed E-state index contributed by atoms with van der Waals surface area (Å²) in [6.07, 6.45) is -3.43. The van der Waals surface area contributed by atoms with Crippen LogP contribution in [-0.2, 0) is 6.18 Å². The standard InChI is InChI=1S/C22H19ClF5N3O/c1-10-21(30-14-6-3-7-16(14)32)31-15-9-8-11(22(26,27)28)19(23)18(15)20(29-10)17-12(24)4-2-5-13(17)25/h2,4-5,8-10,14,16,32H,3,6-7H2,1H3,(H,30,31)/t10?,14-,16-/m1/s1. The predicted octanol–water partition coefficient (Wildman–Crippen LogP) is 5.60. The molecule has 0 radical (unpaired) electrons. The molecule has 4 rings (SSSR count). The maximum absolute atomic E-state index is 14.7. The average molecular weight is 472 g/mol. The van der Waals surface area contributed by atoms with Crippen molar-refractivity contribution in [2.45, 2.75) is 50.6 Å². The minimum Gasteiger partial charge on any atom is -0.391 e. The zero-order chi connectivity index (χ0) is 23.2. The summed E-state index contributed by atoms with van der Waals surface area (Å²) in [5.74, 6) is -1.70. The first kappa shape index (κ1) is 22.7. The molecule has 1 heterocycles. The molecule has 0 bridgehead atoms. The van der Waals surface area contributed by atoms with Crippen molar-refractivity contribution in [2.24, 2.45) is 9.98 Å². The Labute approximate surface area is 185 Å². The molecular formula is C22H19ClF5N3O. The number of alkyl halides is 3. The van der Waals surface area contributed by atoms with Gasteiger partial charge in [0, 0.05) is 5.56 Å². The number of rotatable bonds is 2. The molecule has 1 saturated carbocycles. The number of amidine groups is 1. The fourth-order valence-corrected chi connectivity index (χ4v) is 4.36. The Morgan fingerprint density at radius 2 is 1.78 bits per heavy atom. The Morgan fingerprint density at radius 3 is 2.38 bits per heavy atom. The van der Waals surface area contributed by atoms with Crippen molar-refractivity contribution >= 4 is 28.8 Å². The van der Waals surface area contributed by atoms with Crippen LogP contribution in [0.1, 0.15) is 42.9 Å². The highest BCUT2D eigenvalue weighted by Crippen LogP contribution is 2.41. The number of anilines is 1. The zero-order valence-electron chi connectivity index (χ0n) is 16.8. The highest BCUT2D eigenvalue weighted by molar-refractivity contribution is 6.38. The highest BCUT2D eigenvalue weighted by atomic mass is 35.5. The lowest BCUT2D eigenvalue weighted by Crippen LogP contribution is -2.28. The summed E-state index contributed by atoms with van der Waals surface area (Å²) in [4.78, 5) is 8.88. The number of benzodiazepines with no additional fused rings is 1. The summed E-state index contributed by atoms with van der Waals surface area (Å²) in [5, 5.41) is 12.3. The van der Waals surface area contributed by atoms with Gasteiger partial charge >= 0.3 is 6.18 Å². The Hall–Kier alpha value is -2.52. The molecule has 1 aliphatic carbocycles. The van der Waals surface area contributed by atoms with Gasteiger partial charge in [-0.05, 0) is 50.5 Å². The van der Waals surface area contributed by atoms with Crippen LogP contribution in [0.4, 0.5) is 27.6 Å². The number of nitrogens with one attached hydrogen (secondary N) is 1. The number of aliphatic hydroxyl groups is 1. The van der Waals surface area contributed by atoms with Crippen LogP contribution < -0.4 is 5.32 Å². The lowest BCUT2D eigenvalue weighted by atomic mass is 9.97. The van der Waals surface area contributed by atoms with Crippen LogP contribution in [0.5, 0.6) is 0 Å². The van der Waals surface area contributed by atoms with E-state index in [0.29, 0.717) is 12.8 Å². The molecule has 1 fully saturated rings. The molecule has 32 heavy (non-hydrogen) atoms. The van der Waals surface area contributed by atoms with E-state index in [2.05, 4.69) is 15.3 Å². The first-order valence-electron chi connectivity index (χ1n) is 10.0. The third kappa shape index (κ3) is 4.11. The van der Waals surface area contributed by atoms with E-state index in [9.17, 15) is 27.1 Å². The fourth-order valence-electron chi connectivity index (χ4n) is 4.00. The van der Waals surface area contributed by atoms with E-state index in [1.54, 1.807) is 6.92 Å².